The first-order valence-corrected chi connectivity index (χ1v) is 4.87. The van der Waals surface area contributed by atoms with Crippen LogP contribution in [0.5, 0.6) is 0 Å². The lowest BCUT2D eigenvalue weighted by Gasteiger charge is -2.01. The minimum atomic E-state index is 0.634. The maximum atomic E-state index is 3.92. The number of hydrogen-bond donors (Lipinski definition) is 2. The summed E-state index contributed by atoms with van der Waals surface area (Å²) in [5.41, 5.74) is 2.29. The molecule has 1 heterocycles. The molecule has 0 spiro atoms. The van der Waals surface area contributed by atoms with E-state index < -0.39 is 0 Å². The molecule has 0 unspecified atom stereocenters. The third-order valence-electron chi connectivity index (χ3n) is 2.22. The Balaban J connectivity index is 2.11. The summed E-state index contributed by atoms with van der Waals surface area (Å²) in [4.78, 5) is 0. The van der Waals surface area contributed by atoms with E-state index in [1.807, 2.05) is 19.2 Å². The van der Waals surface area contributed by atoms with Gasteiger partial charge in [0.2, 0.25) is 5.82 Å². The van der Waals surface area contributed by atoms with E-state index in [1.54, 1.807) is 0 Å². The van der Waals surface area contributed by atoms with E-state index in [-0.39, 0.29) is 0 Å². The molecule has 2 N–H and O–H groups in total. The fourth-order valence-corrected chi connectivity index (χ4v) is 1.37. The number of nitrogens with one attached hydrogen (secondary N) is 2. The Hall–Kier alpha value is -1.75. The van der Waals surface area contributed by atoms with Gasteiger partial charge >= 0.3 is 0 Å². The van der Waals surface area contributed by atoms with Crippen LogP contribution in [0.2, 0.25) is 0 Å². The van der Waals surface area contributed by atoms with Crippen molar-refractivity contribution in [2.75, 3.05) is 13.6 Å². The van der Waals surface area contributed by atoms with Crippen molar-refractivity contribution in [1.82, 2.24) is 25.9 Å². The van der Waals surface area contributed by atoms with Crippen molar-refractivity contribution in [2.45, 2.75) is 6.42 Å². The van der Waals surface area contributed by atoms with E-state index in [1.165, 1.54) is 5.56 Å². The predicted molar refractivity (Wildman–Crippen MR) is 57.2 cm³/mol. The Morgan fingerprint density at radius 3 is 2.67 bits per heavy atom. The van der Waals surface area contributed by atoms with Gasteiger partial charge in [-0.15, -0.1) is 10.2 Å². The first-order chi connectivity index (χ1) is 7.40. The fraction of sp³-hybridized carbons (Fsp3) is 0.300. The Morgan fingerprint density at radius 1 is 1.27 bits per heavy atom. The van der Waals surface area contributed by atoms with Gasteiger partial charge in [-0.2, -0.15) is 5.21 Å². The molecule has 5 nitrogen and oxygen atoms in total. The van der Waals surface area contributed by atoms with Crippen LogP contribution in [0.3, 0.4) is 0 Å². The molecular weight excluding hydrogens is 190 g/mol. The first kappa shape index (κ1) is 9.79. The van der Waals surface area contributed by atoms with Crippen LogP contribution in [0.25, 0.3) is 11.4 Å². The van der Waals surface area contributed by atoms with Crippen molar-refractivity contribution in [3.63, 3.8) is 0 Å². The molecule has 0 amide bonds. The van der Waals surface area contributed by atoms with Crippen LogP contribution in [0.1, 0.15) is 5.56 Å². The molecule has 0 atom stereocenters. The lowest BCUT2D eigenvalue weighted by molar-refractivity contribution is 0.792. The van der Waals surface area contributed by atoms with Gasteiger partial charge in [0, 0.05) is 5.56 Å². The molecule has 0 saturated heterocycles. The standard InChI is InChI=1S/C10H13N5/c1-11-7-6-8-2-4-9(5-3-8)10-12-14-15-13-10/h2-5,11H,6-7H2,1H3,(H,12,13,14,15). The van der Waals surface area contributed by atoms with Crippen LogP contribution in [-0.2, 0) is 6.42 Å². The molecule has 2 aromatic rings. The lowest BCUT2D eigenvalue weighted by atomic mass is 10.1. The quantitative estimate of drug-likeness (QED) is 0.764. The number of rotatable bonds is 4. The molecule has 0 aliphatic rings. The van der Waals surface area contributed by atoms with Gasteiger partial charge in [0.15, 0.2) is 0 Å². The zero-order valence-corrected chi connectivity index (χ0v) is 8.57. The second kappa shape index (κ2) is 4.65. The monoisotopic (exact) mass is 203 g/mol. The van der Waals surface area contributed by atoms with Gasteiger partial charge in [0.1, 0.15) is 0 Å². The molecule has 0 aliphatic heterocycles. The third kappa shape index (κ3) is 2.38. The highest BCUT2D eigenvalue weighted by molar-refractivity contribution is 5.54. The minimum absolute atomic E-state index is 0.634. The molecule has 0 radical (unpaired) electrons. The van der Waals surface area contributed by atoms with Gasteiger partial charge in [-0.1, -0.05) is 24.3 Å². The van der Waals surface area contributed by atoms with Crippen molar-refractivity contribution in [1.29, 1.82) is 0 Å². The van der Waals surface area contributed by atoms with Gasteiger partial charge in [-0.05, 0) is 30.8 Å². The lowest BCUT2D eigenvalue weighted by Crippen LogP contribution is -2.10. The van der Waals surface area contributed by atoms with E-state index in [4.69, 9.17) is 0 Å². The summed E-state index contributed by atoms with van der Waals surface area (Å²) in [6.45, 7) is 0.988. The van der Waals surface area contributed by atoms with E-state index in [0.29, 0.717) is 5.82 Å². The summed E-state index contributed by atoms with van der Waals surface area (Å²) in [6.07, 6.45) is 1.03. The third-order valence-corrected chi connectivity index (χ3v) is 2.22. The molecule has 1 aromatic carbocycles. The Labute approximate surface area is 87.9 Å². The second-order valence-corrected chi connectivity index (χ2v) is 3.29. The normalized spacial score (nSPS) is 10.5. The number of aromatic nitrogens is 4. The van der Waals surface area contributed by atoms with Crippen molar-refractivity contribution in [3.05, 3.63) is 29.8 Å². The Morgan fingerprint density at radius 2 is 2.07 bits per heavy atom. The summed E-state index contributed by atoms with van der Waals surface area (Å²) in [5.74, 6) is 0.634. The highest BCUT2D eigenvalue weighted by Crippen LogP contribution is 2.13. The van der Waals surface area contributed by atoms with Crippen molar-refractivity contribution >= 4 is 0 Å². The fourth-order valence-electron chi connectivity index (χ4n) is 1.37. The number of likely N-dealkylation sites (N-methyl/N-ethyl adjacent to an activating group) is 1. The van der Waals surface area contributed by atoms with Crippen LogP contribution >= 0.6 is 0 Å². The minimum Gasteiger partial charge on any atom is -0.319 e. The zero-order valence-electron chi connectivity index (χ0n) is 8.57. The summed E-state index contributed by atoms with van der Waals surface area (Å²) < 4.78 is 0. The van der Waals surface area contributed by atoms with Crippen molar-refractivity contribution in [3.8, 4) is 11.4 Å². The largest absolute Gasteiger partial charge is 0.319 e. The first-order valence-electron chi connectivity index (χ1n) is 4.87. The highest BCUT2D eigenvalue weighted by Gasteiger charge is 2.01. The number of benzene rings is 1. The van der Waals surface area contributed by atoms with E-state index in [2.05, 4.69) is 38.1 Å². The number of nitrogens with zero attached hydrogens (tertiary/aromatic N) is 3. The van der Waals surface area contributed by atoms with E-state index in [9.17, 15) is 0 Å². The Bertz CT molecular complexity index is 392. The molecule has 0 aliphatic carbocycles. The maximum Gasteiger partial charge on any atom is 0.204 e. The summed E-state index contributed by atoms with van der Waals surface area (Å²) >= 11 is 0. The topological polar surface area (TPSA) is 66.5 Å². The average Bonchev–Trinajstić information content (AvgIpc) is 2.80. The molecular formula is C10H13N5. The maximum absolute atomic E-state index is 3.92. The van der Waals surface area contributed by atoms with Gasteiger partial charge in [-0.3, -0.25) is 0 Å². The van der Waals surface area contributed by atoms with Crippen molar-refractivity contribution in [2.24, 2.45) is 0 Å². The zero-order chi connectivity index (χ0) is 10.5. The van der Waals surface area contributed by atoms with Crippen LogP contribution in [0, 0.1) is 0 Å². The summed E-state index contributed by atoms with van der Waals surface area (Å²) in [7, 11) is 1.95. The van der Waals surface area contributed by atoms with Gasteiger partial charge in [0.25, 0.3) is 0 Å². The van der Waals surface area contributed by atoms with Gasteiger partial charge in [0.05, 0.1) is 0 Å². The van der Waals surface area contributed by atoms with Crippen molar-refractivity contribution < 1.29 is 0 Å². The number of H-pyrrole nitrogens is 1. The molecule has 2 rings (SSSR count). The SMILES string of the molecule is CNCCc1ccc(-c2nn[nH]n2)cc1. The smallest absolute Gasteiger partial charge is 0.204 e. The van der Waals surface area contributed by atoms with E-state index in [0.717, 1.165) is 18.5 Å². The number of hydrogen-bond acceptors (Lipinski definition) is 4. The molecule has 0 bridgehead atoms. The number of tetrazole rings is 1. The molecule has 1 aromatic heterocycles. The summed E-state index contributed by atoms with van der Waals surface area (Å²) in [6, 6.07) is 8.19. The molecule has 78 valence electrons. The van der Waals surface area contributed by atoms with Crippen LogP contribution < -0.4 is 5.32 Å². The Kier molecular flexibility index (Phi) is 3.04. The molecule has 0 saturated carbocycles. The van der Waals surface area contributed by atoms with Crippen LogP contribution in [0.4, 0.5) is 0 Å². The van der Waals surface area contributed by atoms with Crippen LogP contribution in [-0.4, -0.2) is 34.2 Å². The molecule has 15 heavy (non-hydrogen) atoms. The number of aromatic amines is 1. The van der Waals surface area contributed by atoms with Gasteiger partial charge < -0.3 is 5.32 Å². The van der Waals surface area contributed by atoms with E-state index >= 15 is 0 Å². The highest BCUT2D eigenvalue weighted by atomic mass is 15.5. The van der Waals surface area contributed by atoms with Gasteiger partial charge in [-0.25, -0.2) is 0 Å². The summed E-state index contributed by atoms with van der Waals surface area (Å²) in [5, 5.41) is 16.9. The second-order valence-electron chi connectivity index (χ2n) is 3.29. The molecule has 0 fully saturated rings. The average molecular weight is 203 g/mol. The predicted octanol–water partition coefficient (Wildman–Crippen LogP) is 0.629. The molecule has 5 heteroatoms. The van der Waals surface area contributed by atoms with Crippen LogP contribution in [0.15, 0.2) is 24.3 Å².